The lowest BCUT2D eigenvalue weighted by Gasteiger charge is -2.45. The van der Waals surface area contributed by atoms with Gasteiger partial charge in [0.25, 0.3) is 0 Å². The van der Waals surface area contributed by atoms with E-state index >= 15 is 0 Å². The van der Waals surface area contributed by atoms with Crippen molar-refractivity contribution in [3.8, 4) is 5.88 Å². The first-order valence-corrected chi connectivity index (χ1v) is 9.40. The van der Waals surface area contributed by atoms with Crippen molar-refractivity contribution in [3.05, 3.63) is 35.8 Å². The molecule has 3 heterocycles. The second kappa shape index (κ2) is 6.79. The Hall–Kier alpha value is -2.70. The SMILES string of the molecule is COc1nccc2c1C(Nc1nccc(C)n1)[C@@H](C)[C@H](C1CC1)N2C(C)=O. The minimum Gasteiger partial charge on any atom is -0.481 e. The molecule has 0 spiro atoms. The highest BCUT2D eigenvalue weighted by Crippen LogP contribution is 2.51. The highest BCUT2D eigenvalue weighted by molar-refractivity contribution is 5.94. The van der Waals surface area contributed by atoms with E-state index in [9.17, 15) is 4.79 Å². The van der Waals surface area contributed by atoms with Gasteiger partial charge < -0.3 is 15.0 Å². The van der Waals surface area contributed by atoms with Crippen molar-refractivity contribution in [2.24, 2.45) is 11.8 Å². The van der Waals surface area contributed by atoms with Gasteiger partial charge in [-0.05, 0) is 37.8 Å². The Kier molecular flexibility index (Phi) is 4.45. The van der Waals surface area contributed by atoms with Crippen molar-refractivity contribution in [2.45, 2.75) is 45.7 Å². The standard InChI is InChI=1S/C20H25N5O2/c1-11-7-9-22-20(23-11)24-17-12(2)18(14-5-6-14)25(13(3)26)15-8-10-21-19(27-4)16(15)17/h7-10,12,14,17-18H,5-6H2,1-4H3,(H,22,23,24)/t12-,17?,18-/m1/s1. The highest BCUT2D eigenvalue weighted by atomic mass is 16.5. The minimum atomic E-state index is -0.0911. The van der Waals surface area contributed by atoms with Crippen molar-refractivity contribution < 1.29 is 9.53 Å². The summed E-state index contributed by atoms with van der Waals surface area (Å²) in [6.45, 7) is 5.76. The minimum absolute atomic E-state index is 0.0542. The Morgan fingerprint density at radius 2 is 2.00 bits per heavy atom. The average Bonchev–Trinajstić information content (AvgIpc) is 3.47. The number of amides is 1. The van der Waals surface area contributed by atoms with Gasteiger partial charge in [0.05, 0.1) is 24.4 Å². The molecule has 0 bridgehead atoms. The molecule has 1 saturated carbocycles. The van der Waals surface area contributed by atoms with Crippen LogP contribution in [0.15, 0.2) is 24.5 Å². The van der Waals surface area contributed by atoms with Gasteiger partial charge in [0.15, 0.2) is 0 Å². The van der Waals surface area contributed by atoms with Crippen LogP contribution in [0.25, 0.3) is 0 Å². The molecule has 1 unspecified atom stereocenters. The summed E-state index contributed by atoms with van der Waals surface area (Å²) in [5, 5.41) is 3.49. The lowest BCUT2D eigenvalue weighted by Crippen LogP contribution is -2.51. The molecular formula is C20H25N5O2. The first-order chi connectivity index (χ1) is 13.0. The number of hydrogen-bond acceptors (Lipinski definition) is 6. The number of methoxy groups -OCH3 is 1. The van der Waals surface area contributed by atoms with Gasteiger partial charge in [-0.1, -0.05) is 6.92 Å². The van der Waals surface area contributed by atoms with E-state index in [1.165, 1.54) is 0 Å². The number of anilines is 2. The van der Waals surface area contributed by atoms with Gasteiger partial charge in [0, 0.05) is 37.0 Å². The van der Waals surface area contributed by atoms with Gasteiger partial charge in [0.2, 0.25) is 17.7 Å². The summed E-state index contributed by atoms with van der Waals surface area (Å²) in [4.78, 5) is 27.8. The number of hydrogen-bond donors (Lipinski definition) is 1. The van der Waals surface area contributed by atoms with Gasteiger partial charge in [0.1, 0.15) is 0 Å². The second-order valence-corrected chi connectivity index (χ2v) is 7.47. The molecule has 0 saturated heterocycles. The fraction of sp³-hybridized carbons (Fsp3) is 0.500. The van der Waals surface area contributed by atoms with Crippen molar-refractivity contribution >= 4 is 17.5 Å². The van der Waals surface area contributed by atoms with E-state index in [0.717, 1.165) is 29.8 Å². The number of carbonyl (C=O) groups excluding carboxylic acids is 1. The number of pyridine rings is 1. The highest BCUT2D eigenvalue weighted by Gasteiger charge is 2.48. The predicted molar refractivity (Wildman–Crippen MR) is 103 cm³/mol. The molecule has 1 N–H and O–H groups in total. The molecule has 1 aliphatic heterocycles. The summed E-state index contributed by atoms with van der Waals surface area (Å²) >= 11 is 0. The number of aryl methyl sites for hydroxylation is 1. The Morgan fingerprint density at radius 1 is 1.26 bits per heavy atom. The van der Waals surface area contributed by atoms with Crippen LogP contribution in [0.2, 0.25) is 0 Å². The number of ether oxygens (including phenoxy) is 1. The van der Waals surface area contributed by atoms with E-state index in [0.29, 0.717) is 17.7 Å². The molecule has 2 aromatic rings. The van der Waals surface area contributed by atoms with Crippen molar-refractivity contribution in [1.29, 1.82) is 0 Å². The van der Waals surface area contributed by atoms with E-state index in [-0.39, 0.29) is 23.9 Å². The van der Waals surface area contributed by atoms with Crippen LogP contribution >= 0.6 is 0 Å². The number of rotatable bonds is 4. The van der Waals surface area contributed by atoms with Crippen LogP contribution in [-0.4, -0.2) is 34.0 Å². The van der Waals surface area contributed by atoms with E-state index < -0.39 is 0 Å². The summed E-state index contributed by atoms with van der Waals surface area (Å²) in [5.41, 5.74) is 2.66. The maximum atomic E-state index is 12.6. The summed E-state index contributed by atoms with van der Waals surface area (Å²) in [6.07, 6.45) is 5.77. The van der Waals surface area contributed by atoms with Crippen LogP contribution in [0.1, 0.15) is 44.0 Å². The van der Waals surface area contributed by atoms with Crippen molar-refractivity contribution in [3.63, 3.8) is 0 Å². The molecule has 4 rings (SSSR count). The summed E-state index contributed by atoms with van der Waals surface area (Å²) in [5.74, 6) is 1.85. The van der Waals surface area contributed by atoms with Gasteiger partial charge in [-0.25, -0.2) is 15.0 Å². The molecule has 0 aromatic carbocycles. The van der Waals surface area contributed by atoms with Gasteiger partial charge in [-0.3, -0.25) is 4.79 Å². The monoisotopic (exact) mass is 367 g/mol. The van der Waals surface area contributed by atoms with Crippen molar-refractivity contribution in [1.82, 2.24) is 15.0 Å². The van der Waals surface area contributed by atoms with Crippen molar-refractivity contribution in [2.75, 3.05) is 17.3 Å². The molecule has 1 aliphatic carbocycles. The zero-order valence-corrected chi connectivity index (χ0v) is 16.1. The molecular weight excluding hydrogens is 342 g/mol. The molecule has 27 heavy (non-hydrogen) atoms. The van der Waals surface area contributed by atoms with Gasteiger partial charge >= 0.3 is 0 Å². The molecule has 0 radical (unpaired) electrons. The summed E-state index contributed by atoms with van der Waals surface area (Å²) in [7, 11) is 1.61. The van der Waals surface area contributed by atoms with Gasteiger partial charge in [-0.15, -0.1) is 0 Å². The van der Waals surface area contributed by atoms with Crippen LogP contribution in [0, 0.1) is 18.8 Å². The topological polar surface area (TPSA) is 80.2 Å². The molecule has 2 aliphatic rings. The van der Waals surface area contributed by atoms with E-state index in [2.05, 4.69) is 27.2 Å². The molecule has 7 nitrogen and oxygen atoms in total. The lowest BCUT2D eigenvalue weighted by atomic mass is 9.80. The molecule has 7 heteroatoms. The smallest absolute Gasteiger partial charge is 0.224 e. The zero-order chi connectivity index (χ0) is 19.1. The van der Waals surface area contributed by atoms with E-state index in [1.54, 1.807) is 26.4 Å². The van der Waals surface area contributed by atoms with Crippen LogP contribution in [0.4, 0.5) is 11.6 Å². The Bertz CT molecular complexity index is 867. The predicted octanol–water partition coefficient (Wildman–Crippen LogP) is 3.12. The number of carbonyl (C=O) groups is 1. The third-order valence-electron chi connectivity index (χ3n) is 5.58. The number of fused-ring (bicyclic) bond motifs is 1. The molecule has 1 fully saturated rings. The first-order valence-electron chi connectivity index (χ1n) is 9.40. The molecule has 1 amide bonds. The molecule has 142 valence electrons. The van der Waals surface area contributed by atoms with Crippen LogP contribution in [-0.2, 0) is 4.79 Å². The van der Waals surface area contributed by atoms with Gasteiger partial charge in [-0.2, -0.15) is 0 Å². The zero-order valence-electron chi connectivity index (χ0n) is 16.1. The van der Waals surface area contributed by atoms with E-state index in [1.807, 2.05) is 24.0 Å². The second-order valence-electron chi connectivity index (χ2n) is 7.47. The third-order valence-corrected chi connectivity index (χ3v) is 5.58. The molecule has 3 atom stereocenters. The summed E-state index contributed by atoms with van der Waals surface area (Å²) < 4.78 is 5.56. The Balaban J connectivity index is 1.84. The number of aromatic nitrogens is 3. The normalized spacial score (nSPS) is 24.3. The third kappa shape index (κ3) is 3.11. The average molecular weight is 367 g/mol. The number of nitrogens with zero attached hydrogens (tertiary/aromatic N) is 4. The lowest BCUT2D eigenvalue weighted by molar-refractivity contribution is -0.117. The number of nitrogens with one attached hydrogen (secondary N) is 1. The van der Waals surface area contributed by atoms with Crippen LogP contribution in [0.3, 0.4) is 0 Å². The van der Waals surface area contributed by atoms with E-state index in [4.69, 9.17) is 4.74 Å². The summed E-state index contributed by atoms with van der Waals surface area (Å²) in [6, 6.07) is 3.83. The fourth-order valence-electron chi connectivity index (χ4n) is 4.28. The largest absolute Gasteiger partial charge is 0.481 e. The molecule has 2 aromatic heterocycles. The first kappa shape index (κ1) is 17.7. The maximum Gasteiger partial charge on any atom is 0.224 e. The van der Waals surface area contributed by atoms with Crippen LogP contribution in [0.5, 0.6) is 5.88 Å². The Morgan fingerprint density at radius 3 is 2.63 bits per heavy atom. The van der Waals surface area contributed by atoms with Crippen LogP contribution < -0.4 is 15.0 Å². The Labute approximate surface area is 159 Å². The fourth-order valence-corrected chi connectivity index (χ4v) is 4.28. The quantitative estimate of drug-likeness (QED) is 0.894. The maximum absolute atomic E-state index is 12.6.